The van der Waals surface area contributed by atoms with Crippen LogP contribution >= 0.6 is 0 Å². The van der Waals surface area contributed by atoms with Crippen LogP contribution in [0.5, 0.6) is 23.1 Å². The number of carbonyl (C=O) groups excluding carboxylic acids is 1. The van der Waals surface area contributed by atoms with Crippen molar-refractivity contribution in [3.05, 3.63) is 100 Å². The molecule has 0 atom stereocenters. The minimum Gasteiger partial charge on any atom is -0.491 e. The fourth-order valence-electron chi connectivity index (χ4n) is 4.26. The molecule has 0 saturated carbocycles. The van der Waals surface area contributed by atoms with Crippen LogP contribution in [0.25, 0.3) is 22.2 Å². The van der Waals surface area contributed by atoms with Gasteiger partial charge in [0.05, 0.1) is 19.7 Å². The number of nitrogens with zero attached hydrogens (tertiary/aromatic N) is 3. The summed E-state index contributed by atoms with van der Waals surface area (Å²) in [4.78, 5) is 35.2. The van der Waals surface area contributed by atoms with Crippen LogP contribution < -0.4 is 25.0 Å². The molecule has 0 spiro atoms. The van der Waals surface area contributed by atoms with Gasteiger partial charge in [-0.3, -0.25) is 14.6 Å². The monoisotopic (exact) mass is 540 g/mol. The van der Waals surface area contributed by atoms with Crippen molar-refractivity contribution in [2.45, 2.75) is 6.92 Å². The second kappa shape index (κ2) is 10.9. The van der Waals surface area contributed by atoms with Gasteiger partial charge in [-0.15, -0.1) is 0 Å². The number of ether oxygens (including phenoxy) is 3. The summed E-state index contributed by atoms with van der Waals surface area (Å²) in [5.41, 5.74) is 2.58. The number of amides is 1. The zero-order valence-corrected chi connectivity index (χ0v) is 22.2. The molecule has 0 fully saturated rings. The Morgan fingerprint density at radius 2 is 1.70 bits per heavy atom. The van der Waals surface area contributed by atoms with Gasteiger partial charge in [0.2, 0.25) is 5.43 Å². The molecule has 9 nitrogen and oxygen atoms in total. The number of rotatable bonds is 7. The number of methoxy groups -OCH3 is 2. The van der Waals surface area contributed by atoms with Gasteiger partial charge in [-0.05, 0) is 48.9 Å². The molecule has 3 heterocycles. The predicted octanol–water partition coefficient (Wildman–Crippen LogP) is 5.50. The van der Waals surface area contributed by atoms with Crippen molar-refractivity contribution in [1.82, 2.24) is 14.5 Å². The molecule has 0 aliphatic rings. The molecule has 2 aromatic carbocycles. The van der Waals surface area contributed by atoms with Crippen LogP contribution in [0.2, 0.25) is 0 Å². The molecule has 0 aliphatic carbocycles. The van der Waals surface area contributed by atoms with E-state index in [4.69, 9.17) is 14.2 Å². The fourth-order valence-corrected chi connectivity index (χ4v) is 4.26. The van der Waals surface area contributed by atoms with Gasteiger partial charge in [-0.1, -0.05) is 12.1 Å². The van der Waals surface area contributed by atoms with Gasteiger partial charge in [-0.2, -0.15) is 0 Å². The highest BCUT2D eigenvalue weighted by atomic mass is 19.1. The lowest BCUT2D eigenvalue weighted by Crippen LogP contribution is -2.25. The summed E-state index contributed by atoms with van der Waals surface area (Å²) in [5.74, 6) is 0.728. The summed E-state index contributed by atoms with van der Waals surface area (Å²) in [7, 11) is 4.76. The zero-order chi connectivity index (χ0) is 28.4. The van der Waals surface area contributed by atoms with Crippen molar-refractivity contribution in [3.63, 3.8) is 0 Å². The normalized spacial score (nSPS) is 10.8. The van der Waals surface area contributed by atoms with Crippen LogP contribution in [0.15, 0.2) is 77.9 Å². The van der Waals surface area contributed by atoms with Crippen molar-refractivity contribution in [1.29, 1.82) is 0 Å². The van der Waals surface area contributed by atoms with Gasteiger partial charge in [0, 0.05) is 48.5 Å². The Kier molecular flexibility index (Phi) is 7.15. The Balaban J connectivity index is 1.38. The molecule has 5 rings (SSSR count). The summed E-state index contributed by atoms with van der Waals surface area (Å²) in [6.45, 7) is 1.77. The second-order valence-corrected chi connectivity index (χ2v) is 8.91. The fraction of sp³-hybridized carbons (Fsp3) is 0.133. The van der Waals surface area contributed by atoms with Gasteiger partial charge in [0.15, 0.2) is 11.5 Å². The SMILES string of the molecule is COc1cc2nccc(Oc3ccc(NC(=O)c4cn(C)c(C)c(-c5ccc(F)cc5)c4=O)cc3)c2nc1OC. The van der Waals surface area contributed by atoms with Crippen LogP contribution in [0.4, 0.5) is 10.1 Å². The first-order chi connectivity index (χ1) is 19.3. The number of nitrogens with one attached hydrogen (secondary N) is 1. The van der Waals surface area contributed by atoms with Crippen LogP contribution in [-0.2, 0) is 7.05 Å². The Morgan fingerprint density at radius 1 is 0.975 bits per heavy atom. The third-order valence-corrected chi connectivity index (χ3v) is 6.42. The third-order valence-electron chi connectivity index (χ3n) is 6.42. The van der Waals surface area contributed by atoms with E-state index in [1.165, 1.54) is 44.7 Å². The largest absolute Gasteiger partial charge is 0.491 e. The number of hydrogen-bond acceptors (Lipinski definition) is 7. The maximum Gasteiger partial charge on any atom is 0.261 e. The number of aryl methyl sites for hydroxylation is 1. The lowest BCUT2D eigenvalue weighted by Gasteiger charge is -2.14. The highest BCUT2D eigenvalue weighted by molar-refractivity contribution is 6.04. The summed E-state index contributed by atoms with van der Waals surface area (Å²) < 4.78 is 31.8. The van der Waals surface area contributed by atoms with Gasteiger partial charge in [0.25, 0.3) is 11.8 Å². The lowest BCUT2D eigenvalue weighted by atomic mass is 10.0. The van der Waals surface area contributed by atoms with E-state index in [1.54, 1.807) is 61.1 Å². The molecule has 0 unspecified atom stereocenters. The van der Waals surface area contributed by atoms with E-state index in [0.29, 0.717) is 56.7 Å². The Morgan fingerprint density at radius 3 is 2.38 bits per heavy atom. The first-order valence-electron chi connectivity index (χ1n) is 12.2. The topological polar surface area (TPSA) is 105 Å². The van der Waals surface area contributed by atoms with E-state index >= 15 is 0 Å². The van der Waals surface area contributed by atoms with Crippen molar-refractivity contribution >= 4 is 22.6 Å². The molecule has 10 heteroatoms. The molecular weight excluding hydrogens is 515 g/mol. The maximum atomic E-state index is 13.4. The number of carbonyl (C=O) groups is 1. The van der Waals surface area contributed by atoms with E-state index in [1.807, 2.05) is 0 Å². The molecule has 0 aliphatic heterocycles. The molecule has 5 aromatic rings. The van der Waals surface area contributed by atoms with Crippen molar-refractivity contribution in [2.75, 3.05) is 19.5 Å². The van der Waals surface area contributed by atoms with Crippen LogP contribution in [0.1, 0.15) is 16.1 Å². The summed E-state index contributed by atoms with van der Waals surface area (Å²) >= 11 is 0. The number of aromatic nitrogens is 3. The highest BCUT2D eigenvalue weighted by Gasteiger charge is 2.19. The van der Waals surface area contributed by atoms with Crippen LogP contribution in [0, 0.1) is 12.7 Å². The molecule has 1 N–H and O–H groups in total. The van der Waals surface area contributed by atoms with E-state index in [9.17, 15) is 14.0 Å². The maximum absolute atomic E-state index is 13.4. The number of anilines is 1. The Hall–Kier alpha value is -5.25. The molecule has 0 radical (unpaired) electrons. The number of fused-ring (bicyclic) bond motifs is 1. The minimum atomic E-state index is -0.567. The van der Waals surface area contributed by atoms with E-state index in [2.05, 4.69) is 15.3 Å². The standard InChI is InChI=1S/C30H25FN4O5/c1-17-26(18-5-7-19(31)8-6-18)28(36)22(16-35(17)2)29(37)33-20-9-11-21(12-10-20)40-24-13-14-32-23-15-25(38-3)30(39-4)34-27(23)24/h5-16H,1-4H3,(H,33,37). The second-order valence-electron chi connectivity index (χ2n) is 8.91. The summed E-state index contributed by atoms with van der Waals surface area (Å²) in [5, 5.41) is 2.76. The zero-order valence-electron chi connectivity index (χ0n) is 22.2. The van der Waals surface area contributed by atoms with Crippen molar-refractivity contribution < 1.29 is 23.4 Å². The third kappa shape index (κ3) is 5.06. The summed E-state index contributed by atoms with van der Waals surface area (Å²) in [6, 6.07) is 15.7. The van der Waals surface area contributed by atoms with Crippen LogP contribution in [0.3, 0.4) is 0 Å². The van der Waals surface area contributed by atoms with Crippen molar-refractivity contribution in [3.8, 4) is 34.3 Å². The Bertz CT molecular complexity index is 1780. The molecule has 0 bridgehead atoms. The van der Waals surface area contributed by atoms with E-state index < -0.39 is 17.2 Å². The molecule has 0 saturated heterocycles. The minimum absolute atomic E-state index is 0.0357. The quantitative estimate of drug-likeness (QED) is 0.290. The molecule has 3 aromatic heterocycles. The predicted molar refractivity (Wildman–Crippen MR) is 149 cm³/mol. The molecule has 1 amide bonds. The van der Waals surface area contributed by atoms with E-state index in [-0.39, 0.29) is 5.56 Å². The lowest BCUT2D eigenvalue weighted by molar-refractivity contribution is 0.102. The number of halogens is 1. The summed E-state index contributed by atoms with van der Waals surface area (Å²) in [6.07, 6.45) is 3.09. The van der Waals surface area contributed by atoms with Crippen LogP contribution in [-0.4, -0.2) is 34.7 Å². The number of pyridine rings is 3. The number of hydrogen-bond donors (Lipinski definition) is 1. The Labute approximate surface area is 228 Å². The van der Waals surface area contributed by atoms with Crippen molar-refractivity contribution in [2.24, 2.45) is 7.05 Å². The molecule has 40 heavy (non-hydrogen) atoms. The van der Waals surface area contributed by atoms with Gasteiger partial charge in [0.1, 0.15) is 22.6 Å². The van der Waals surface area contributed by atoms with Gasteiger partial charge < -0.3 is 24.1 Å². The molecule has 202 valence electrons. The number of benzene rings is 2. The van der Waals surface area contributed by atoms with Gasteiger partial charge >= 0.3 is 0 Å². The average molecular weight is 541 g/mol. The first-order valence-corrected chi connectivity index (χ1v) is 12.2. The van der Waals surface area contributed by atoms with E-state index in [0.717, 1.165) is 0 Å². The van der Waals surface area contributed by atoms with Gasteiger partial charge in [-0.25, -0.2) is 9.37 Å². The smallest absolute Gasteiger partial charge is 0.261 e. The average Bonchev–Trinajstić information content (AvgIpc) is 2.96. The molecular formula is C30H25FN4O5. The highest BCUT2D eigenvalue weighted by Crippen LogP contribution is 2.34. The first kappa shape index (κ1) is 26.4.